The largest absolute Gasteiger partial charge is 0.355 e. The maximum atomic E-state index is 12.3. The number of sulfone groups is 1. The number of hydrogen-bond acceptors (Lipinski definition) is 3. The molecule has 0 aliphatic heterocycles. The highest BCUT2D eigenvalue weighted by Gasteiger charge is 2.15. The summed E-state index contributed by atoms with van der Waals surface area (Å²) in [7, 11) is -3.31. The number of carbonyl (C=O) groups is 1. The van der Waals surface area contributed by atoms with Gasteiger partial charge >= 0.3 is 0 Å². The van der Waals surface area contributed by atoms with Crippen LogP contribution in [0.1, 0.15) is 12.1 Å². The molecular formula is C20H21BrN2O3S. The first-order valence-electron chi connectivity index (χ1n) is 8.68. The maximum Gasteiger partial charge on any atom is 0.239 e. The average Bonchev–Trinajstić information content (AvgIpc) is 2.91. The van der Waals surface area contributed by atoms with Crippen molar-refractivity contribution in [3.8, 4) is 0 Å². The van der Waals surface area contributed by atoms with Gasteiger partial charge in [-0.15, -0.1) is 0 Å². The molecule has 0 saturated heterocycles. The van der Waals surface area contributed by atoms with E-state index in [4.69, 9.17) is 0 Å². The Labute approximate surface area is 167 Å². The second-order valence-corrected chi connectivity index (χ2v) is 9.24. The monoisotopic (exact) mass is 448 g/mol. The zero-order valence-corrected chi connectivity index (χ0v) is 17.4. The summed E-state index contributed by atoms with van der Waals surface area (Å²) in [6.07, 6.45) is 0.373. The lowest BCUT2D eigenvalue weighted by Crippen LogP contribution is -2.29. The van der Waals surface area contributed by atoms with Crippen molar-refractivity contribution in [2.75, 3.05) is 12.3 Å². The first kappa shape index (κ1) is 19.6. The average molecular weight is 449 g/mol. The molecule has 0 atom stereocenters. The third-order valence-corrected chi connectivity index (χ3v) is 7.29. The van der Waals surface area contributed by atoms with Gasteiger partial charge in [0.15, 0.2) is 9.84 Å². The third-order valence-electron chi connectivity index (χ3n) is 4.47. The quantitative estimate of drug-likeness (QED) is 0.560. The smallest absolute Gasteiger partial charge is 0.239 e. The Balaban J connectivity index is 1.56. The van der Waals surface area contributed by atoms with Gasteiger partial charge in [-0.05, 0) is 47.5 Å². The van der Waals surface area contributed by atoms with E-state index in [9.17, 15) is 13.2 Å². The number of benzene rings is 2. The highest BCUT2D eigenvalue weighted by atomic mass is 79.9. The molecule has 27 heavy (non-hydrogen) atoms. The molecule has 5 nitrogen and oxygen atoms in total. The minimum Gasteiger partial charge on any atom is -0.355 e. The first-order chi connectivity index (χ1) is 12.9. The van der Waals surface area contributed by atoms with E-state index in [0.717, 1.165) is 21.1 Å². The molecule has 7 heteroatoms. The van der Waals surface area contributed by atoms with Crippen molar-refractivity contribution in [1.29, 1.82) is 0 Å². The zero-order chi connectivity index (χ0) is 19.4. The summed E-state index contributed by atoms with van der Waals surface area (Å²) in [5.41, 5.74) is 1.97. The number of fused-ring (bicyclic) bond motifs is 1. The maximum absolute atomic E-state index is 12.3. The van der Waals surface area contributed by atoms with Gasteiger partial charge in [-0.1, -0.05) is 36.4 Å². The van der Waals surface area contributed by atoms with Gasteiger partial charge in [0.1, 0.15) is 6.54 Å². The molecule has 1 N–H and O–H groups in total. The molecule has 2 aromatic carbocycles. The van der Waals surface area contributed by atoms with Crippen molar-refractivity contribution in [2.45, 2.75) is 24.8 Å². The molecule has 1 amide bonds. The molecule has 0 spiro atoms. The van der Waals surface area contributed by atoms with Gasteiger partial charge in [-0.2, -0.15) is 0 Å². The van der Waals surface area contributed by atoms with E-state index in [1.165, 1.54) is 0 Å². The van der Waals surface area contributed by atoms with Crippen LogP contribution in [-0.2, 0) is 21.2 Å². The lowest BCUT2D eigenvalue weighted by molar-refractivity contribution is -0.121. The van der Waals surface area contributed by atoms with Crippen LogP contribution in [0.2, 0.25) is 0 Å². The lowest BCUT2D eigenvalue weighted by Gasteiger charge is -2.10. The van der Waals surface area contributed by atoms with E-state index >= 15 is 0 Å². The van der Waals surface area contributed by atoms with Crippen LogP contribution in [0.3, 0.4) is 0 Å². The molecule has 1 heterocycles. The van der Waals surface area contributed by atoms with E-state index in [-0.39, 0.29) is 18.2 Å². The number of para-hydroxylation sites is 1. The third kappa shape index (κ3) is 4.42. The van der Waals surface area contributed by atoms with Gasteiger partial charge < -0.3 is 9.88 Å². The molecule has 142 valence electrons. The van der Waals surface area contributed by atoms with E-state index < -0.39 is 9.84 Å². The second kappa shape index (κ2) is 8.27. The van der Waals surface area contributed by atoms with Crippen molar-refractivity contribution in [3.63, 3.8) is 0 Å². The number of amides is 1. The highest BCUT2D eigenvalue weighted by molar-refractivity contribution is 9.10. The van der Waals surface area contributed by atoms with E-state index in [0.29, 0.717) is 17.9 Å². The van der Waals surface area contributed by atoms with Crippen LogP contribution in [0.4, 0.5) is 0 Å². The Bertz CT molecular complexity index is 1060. The molecule has 0 bridgehead atoms. The molecule has 3 aromatic rings. The van der Waals surface area contributed by atoms with Crippen molar-refractivity contribution < 1.29 is 13.2 Å². The van der Waals surface area contributed by atoms with Crippen molar-refractivity contribution in [3.05, 3.63) is 64.8 Å². The van der Waals surface area contributed by atoms with E-state index in [1.54, 1.807) is 30.3 Å². The summed E-state index contributed by atoms with van der Waals surface area (Å²) >= 11 is 3.58. The van der Waals surface area contributed by atoms with Gasteiger partial charge in [-0.3, -0.25) is 4.79 Å². The molecule has 1 aromatic heterocycles. The van der Waals surface area contributed by atoms with E-state index in [2.05, 4.69) is 21.2 Å². The van der Waals surface area contributed by atoms with Crippen LogP contribution >= 0.6 is 15.9 Å². The van der Waals surface area contributed by atoms with Gasteiger partial charge in [0.25, 0.3) is 0 Å². The summed E-state index contributed by atoms with van der Waals surface area (Å²) < 4.78 is 27.4. The molecule has 0 fully saturated rings. The highest BCUT2D eigenvalue weighted by Crippen LogP contribution is 2.30. The van der Waals surface area contributed by atoms with Crippen LogP contribution in [0.25, 0.3) is 10.9 Å². The fraction of sp³-hybridized carbons (Fsp3) is 0.250. The molecule has 0 aliphatic rings. The minimum atomic E-state index is -3.31. The number of hydrogen-bond donors (Lipinski definition) is 1. The minimum absolute atomic E-state index is 0.00825. The van der Waals surface area contributed by atoms with Gasteiger partial charge in [-0.25, -0.2) is 8.42 Å². The lowest BCUT2D eigenvalue weighted by atomic mass is 10.2. The SMILES string of the molecule is Cc1c(Br)c2ccccc2n1CC(=O)NCCCS(=O)(=O)c1ccccc1. The van der Waals surface area contributed by atoms with Crippen LogP contribution in [-0.4, -0.2) is 31.2 Å². The number of rotatable bonds is 7. The van der Waals surface area contributed by atoms with Crippen LogP contribution < -0.4 is 5.32 Å². The van der Waals surface area contributed by atoms with Crippen LogP contribution in [0.5, 0.6) is 0 Å². The normalized spacial score (nSPS) is 11.6. The van der Waals surface area contributed by atoms with Crippen molar-refractivity contribution >= 4 is 42.6 Å². The fourth-order valence-electron chi connectivity index (χ4n) is 3.03. The number of carbonyl (C=O) groups excluding carboxylic acids is 1. The van der Waals surface area contributed by atoms with Crippen molar-refractivity contribution in [1.82, 2.24) is 9.88 Å². The molecular weight excluding hydrogens is 428 g/mol. The molecule has 0 saturated carbocycles. The Morgan fingerprint density at radius 2 is 1.74 bits per heavy atom. The van der Waals surface area contributed by atoms with Crippen LogP contribution in [0, 0.1) is 6.92 Å². The summed E-state index contributed by atoms with van der Waals surface area (Å²) in [4.78, 5) is 12.6. The Hall–Kier alpha value is -2.12. The standard InChI is InChI=1S/C20H21BrN2O3S/c1-15-20(21)17-10-5-6-11-18(17)23(15)14-19(24)22-12-7-13-27(25,26)16-8-3-2-4-9-16/h2-6,8-11H,7,12-14H2,1H3,(H,22,24). The summed E-state index contributed by atoms with van der Waals surface area (Å²) in [5.74, 6) is -0.127. The van der Waals surface area contributed by atoms with E-state index in [1.807, 2.05) is 35.8 Å². The predicted octanol–water partition coefficient (Wildman–Crippen LogP) is 3.69. The molecule has 0 unspecified atom stereocenters. The molecule has 3 rings (SSSR count). The predicted molar refractivity (Wildman–Crippen MR) is 110 cm³/mol. The fourth-order valence-corrected chi connectivity index (χ4v) is 4.91. The number of nitrogens with zero attached hydrogens (tertiary/aromatic N) is 1. The topological polar surface area (TPSA) is 68.2 Å². The first-order valence-corrected chi connectivity index (χ1v) is 11.1. The Morgan fingerprint density at radius 1 is 1.07 bits per heavy atom. The summed E-state index contributed by atoms with van der Waals surface area (Å²) in [6, 6.07) is 16.3. The number of halogens is 1. The van der Waals surface area contributed by atoms with Crippen LogP contribution in [0.15, 0.2) is 64.0 Å². The second-order valence-electron chi connectivity index (χ2n) is 6.34. The van der Waals surface area contributed by atoms with Crippen molar-refractivity contribution in [2.24, 2.45) is 0 Å². The van der Waals surface area contributed by atoms with Gasteiger partial charge in [0, 0.05) is 27.6 Å². The summed E-state index contributed by atoms with van der Waals surface area (Å²) in [6.45, 7) is 2.48. The van der Waals surface area contributed by atoms with Gasteiger partial charge in [0.05, 0.1) is 10.6 Å². The number of aromatic nitrogens is 1. The van der Waals surface area contributed by atoms with Gasteiger partial charge in [0.2, 0.25) is 5.91 Å². The zero-order valence-electron chi connectivity index (χ0n) is 15.0. The molecule has 0 radical (unpaired) electrons. The Morgan fingerprint density at radius 3 is 2.48 bits per heavy atom. The molecule has 0 aliphatic carbocycles. The Kier molecular flexibility index (Phi) is 6.01. The number of nitrogens with one attached hydrogen (secondary N) is 1. The summed E-state index contributed by atoms with van der Waals surface area (Å²) in [5, 5.41) is 3.88.